The van der Waals surface area contributed by atoms with Crippen molar-refractivity contribution >= 4 is 28.3 Å². The van der Waals surface area contributed by atoms with Crippen LogP contribution in [0.5, 0.6) is 0 Å². The van der Waals surface area contributed by atoms with Crippen LogP contribution in [0.3, 0.4) is 0 Å². The van der Waals surface area contributed by atoms with E-state index in [0.29, 0.717) is 11.8 Å². The minimum absolute atomic E-state index is 0. The second-order valence-corrected chi connectivity index (χ2v) is 8.10. The molecule has 0 aliphatic carbocycles. The normalized spacial score (nSPS) is 23.7. The predicted octanol–water partition coefficient (Wildman–Crippen LogP) is 0.407. The lowest BCUT2D eigenvalue weighted by atomic mass is 10.0. The van der Waals surface area contributed by atoms with Gasteiger partial charge in [-0.25, -0.2) is 8.42 Å². The van der Waals surface area contributed by atoms with Crippen molar-refractivity contribution in [3.05, 3.63) is 30.3 Å². The molecule has 1 aromatic rings. The number of sulfonamides is 1. The molecule has 3 rings (SSSR count). The Labute approximate surface area is 143 Å². The summed E-state index contributed by atoms with van der Waals surface area (Å²) in [5.74, 6) is 0.913. The largest absolute Gasteiger partial charge is 0.341 e. The second kappa shape index (κ2) is 7.17. The molecular weight excluding hydrogens is 338 g/mol. The summed E-state index contributed by atoms with van der Waals surface area (Å²) in [6.45, 7) is 3.26. The maximum atomic E-state index is 12.4. The van der Waals surface area contributed by atoms with Crippen LogP contribution in [0.15, 0.2) is 35.2 Å². The molecule has 23 heavy (non-hydrogen) atoms. The molecular formula is C15H22ClN3O3S. The second-order valence-electron chi connectivity index (χ2n) is 6.05. The maximum absolute atomic E-state index is 12.4. The Morgan fingerprint density at radius 3 is 2.35 bits per heavy atom. The van der Waals surface area contributed by atoms with Gasteiger partial charge in [-0.2, -0.15) is 4.31 Å². The Morgan fingerprint density at radius 1 is 1.22 bits per heavy atom. The molecule has 2 atom stereocenters. The van der Waals surface area contributed by atoms with Crippen LogP contribution in [0.4, 0.5) is 0 Å². The van der Waals surface area contributed by atoms with E-state index in [4.69, 9.17) is 0 Å². The first-order chi connectivity index (χ1) is 10.5. The molecule has 6 nitrogen and oxygen atoms in total. The zero-order valence-electron chi connectivity index (χ0n) is 13.0. The van der Waals surface area contributed by atoms with Gasteiger partial charge in [-0.3, -0.25) is 4.79 Å². The van der Waals surface area contributed by atoms with Crippen LogP contribution in [0, 0.1) is 11.8 Å². The van der Waals surface area contributed by atoms with Crippen LogP contribution in [0.1, 0.15) is 0 Å². The third-order valence-corrected chi connectivity index (χ3v) is 6.37. The summed E-state index contributed by atoms with van der Waals surface area (Å²) in [5, 5.41) is 3.33. The Morgan fingerprint density at radius 2 is 1.78 bits per heavy atom. The van der Waals surface area contributed by atoms with Crippen molar-refractivity contribution in [1.82, 2.24) is 14.5 Å². The van der Waals surface area contributed by atoms with E-state index in [2.05, 4.69) is 5.32 Å². The Kier molecular flexibility index (Phi) is 5.67. The molecule has 1 amide bonds. The highest BCUT2D eigenvalue weighted by Crippen LogP contribution is 2.26. The minimum atomic E-state index is -3.61. The first kappa shape index (κ1) is 18.2. The number of carbonyl (C=O) groups excluding carboxylic acids is 1. The van der Waals surface area contributed by atoms with E-state index < -0.39 is 10.0 Å². The number of carbonyl (C=O) groups is 1. The van der Waals surface area contributed by atoms with Crippen LogP contribution in [-0.2, 0) is 14.8 Å². The van der Waals surface area contributed by atoms with E-state index >= 15 is 0 Å². The summed E-state index contributed by atoms with van der Waals surface area (Å²) >= 11 is 0. The zero-order valence-corrected chi connectivity index (χ0v) is 14.6. The van der Waals surface area contributed by atoms with Crippen molar-refractivity contribution in [1.29, 1.82) is 0 Å². The number of rotatable bonds is 4. The molecule has 0 aromatic heterocycles. The van der Waals surface area contributed by atoms with Crippen LogP contribution < -0.4 is 5.32 Å². The third-order valence-electron chi connectivity index (χ3n) is 4.55. The molecule has 2 heterocycles. The highest BCUT2D eigenvalue weighted by Gasteiger charge is 2.38. The Hall–Kier alpha value is -1.15. The van der Waals surface area contributed by atoms with Crippen LogP contribution in [0.25, 0.3) is 0 Å². The predicted molar refractivity (Wildman–Crippen MR) is 89.9 cm³/mol. The van der Waals surface area contributed by atoms with Crippen molar-refractivity contribution < 1.29 is 13.2 Å². The summed E-state index contributed by atoms with van der Waals surface area (Å²) in [7, 11) is -2.15. The topological polar surface area (TPSA) is 69.7 Å². The van der Waals surface area contributed by atoms with E-state index in [1.807, 2.05) is 0 Å². The van der Waals surface area contributed by atoms with Crippen molar-refractivity contribution in [3.8, 4) is 0 Å². The van der Waals surface area contributed by atoms with Gasteiger partial charge in [-0.1, -0.05) is 18.2 Å². The number of nitrogens with zero attached hydrogens (tertiary/aromatic N) is 2. The smallest absolute Gasteiger partial charge is 0.243 e. The van der Waals surface area contributed by atoms with Crippen LogP contribution >= 0.6 is 12.4 Å². The fourth-order valence-electron chi connectivity index (χ4n) is 3.21. The average molecular weight is 360 g/mol. The molecule has 0 unspecified atom stereocenters. The lowest BCUT2D eigenvalue weighted by Gasteiger charge is -2.22. The molecule has 1 N–H and O–H groups in total. The van der Waals surface area contributed by atoms with Gasteiger partial charge in [0.05, 0.1) is 11.4 Å². The Bertz CT molecular complexity index is 641. The lowest BCUT2D eigenvalue weighted by Crippen LogP contribution is -2.41. The fraction of sp³-hybridized carbons (Fsp3) is 0.533. The van der Waals surface area contributed by atoms with E-state index in [1.165, 1.54) is 7.05 Å². The number of fused-ring (bicyclic) bond motifs is 1. The summed E-state index contributed by atoms with van der Waals surface area (Å²) in [5.41, 5.74) is 0. The number of likely N-dealkylation sites (N-methyl/N-ethyl adjacent to an activating group) is 1. The number of likely N-dealkylation sites (tertiary alicyclic amines) is 1. The quantitative estimate of drug-likeness (QED) is 0.845. The van der Waals surface area contributed by atoms with Crippen molar-refractivity contribution in [2.75, 3.05) is 39.8 Å². The molecule has 0 radical (unpaired) electrons. The molecule has 8 heteroatoms. The highest BCUT2D eigenvalue weighted by molar-refractivity contribution is 7.89. The number of benzene rings is 1. The molecule has 2 aliphatic rings. The highest BCUT2D eigenvalue weighted by atomic mass is 35.5. The number of hydrogen-bond donors (Lipinski definition) is 1. The van der Waals surface area contributed by atoms with Gasteiger partial charge in [0.1, 0.15) is 0 Å². The molecule has 128 valence electrons. The van der Waals surface area contributed by atoms with E-state index in [1.54, 1.807) is 35.2 Å². The molecule has 2 saturated heterocycles. The van der Waals surface area contributed by atoms with Gasteiger partial charge in [0.15, 0.2) is 0 Å². The van der Waals surface area contributed by atoms with E-state index in [-0.39, 0.29) is 29.8 Å². The van der Waals surface area contributed by atoms with Gasteiger partial charge in [-0.05, 0) is 24.0 Å². The molecule has 1 aromatic carbocycles. The molecule has 0 spiro atoms. The maximum Gasteiger partial charge on any atom is 0.243 e. The first-order valence-corrected chi connectivity index (χ1v) is 8.92. The molecule has 2 fully saturated rings. The third kappa shape index (κ3) is 3.68. The lowest BCUT2D eigenvalue weighted by molar-refractivity contribution is -0.130. The number of hydrogen-bond acceptors (Lipinski definition) is 4. The monoisotopic (exact) mass is 359 g/mol. The zero-order chi connectivity index (χ0) is 15.7. The van der Waals surface area contributed by atoms with Crippen molar-refractivity contribution in [2.45, 2.75) is 4.90 Å². The van der Waals surface area contributed by atoms with Crippen molar-refractivity contribution in [2.24, 2.45) is 11.8 Å². The summed E-state index contributed by atoms with van der Waals surface area (Å²) < 4.78 is 26.0. The fourth-order valence-corrected chi connectivity index (χ4v) is 4.35. The average Bonchev–Trinajstić information content (AvgIpc) is 3.09. The van der Waals surface area contributed by atoms with Crippen LogP contribution in [-0.4, -0.2) is 63.3 Å². The standard InChI is InChI=1S/C15H21N3O3S.ClH/c1-17(22(20,21)14-5-3-2-4-6-14)11-15(19)18-9-12-7-16-8-13(12)10-18;/h2-6,12-13,16H,7-11H2,1H3;1H/t12-,13+;. The van der Waals surface area contributed by atoms with E-state index in [9.17, 15) is 13.2 Å². The van der Waals surface area contributed by atoms with Gasteiger partial charge >= 0.3 is 0 Å². The molecule has 0 saturated carbocycles. The van der Waals surface area contributed by atoms with Gasteiger partial charge < -0.3 is 10.2 Å². The number of amides is 1. The molecule has 0 bridgehead atoms. The van der Waals surface area contributed by atoms with E-state index in [0.717, 1.165) is 30.5 Å². The Balaban J connectivity index is 0.00000192. The summed E-state index contributed by atoms with van der Waals surface area (Å²) in [6.07, 6.45) is 0. The summed E-state index contributed by atoms with van der Waals surface area (Å²) in [6, 6.07) is 8.21. The van der Waals surface area contributed by atoms with Gasteiger partial charge in [0, 0.05) is 33.2 Å². The van der Waals surface area contributed by atoms with Gasteiger partial charge in [0.25, 0.3) is 0 Å². The van der Waals surface area contributed by atoms with Gasteiger partial charge in [0.2, 0.25) is 15.9 Å². The van der Waals surface area contributed by atoms with Crippen molar-refractivity contribution in [3.63, 3.8) is 0 Å². The SMILES string of the molecule is CN(CC(=O)N1C[C@H]2CNC[C@H]2C1)S(=O)(=O)c1ccccc1.Cl. The molecule has 2 aliphatic heterocycles. The minimum Gasteiger partial charge on any atom is -0.341 e. The first-order valence-electron chi connectivity index (χ1n) is 7.48. The summed E-state index contributed by atoms with van der Waals surface area (Å²) in [4.78, 5) is 14.4. The van der Waals surface area contributed by atoms with Crippen LogP contribution in [0.2, 0.25) is 0 Å². The van der Waals surface area contributed by atoms with Gasteiger partial charge in [-0.15, -0.1) is 12.4 Å². The number of nitrogens with one attached hydrogen (secondary N) is 1. The number of halogens is 1.